The molecule has 9 heteroatoms. The van der Waals surface area contributed by atoms with E-state index in [4.69, 9.17) is 8.92 Å². The topological polar surface area (TPSA) is 90.0 Å². The van der Waals surface area contributed by atoms with Crippen LogP contribution < -0.4 is 0 Å². The first kappa shape index (κ1) is 20.0. The summed E-state index contributed by atoms with van der Waals surface area (Å²) >= 11 is 0. The van der Waals surface area contributed by atoms with Crippen molar-refractivity contribution in [3.63, 3.8) is 0 Å². The third kappa shape index (κ3) is 4.56. The van der Waals surface area contributed by atoms with Crippen LogP contribution in [0, 0.1) is 6.92 Å². The maximum atomic E-state index is 12.9. The van der Waals surface area contributed by atoms with Crippen molar-refractivity contribution >= 4 is 20.1 Å². The molecule has 1 saturated heterocycles. The standard InChI is InChI=1S/C18H21NO6S2/c1-15-6-8-17(9-7-15)27(22,23)25-14-16-4-2-3-5-18(16)26(20,21)19-10-12-24-13-11-19/h2-9H,10-14H2,1H3. The molecule has 0 radical (unpaired) electrons. The highest BCUT2D eigenvalue weighted by molar-refractivity contribution is 7.89. The Bertz CT molecular complexity index is 994. The van der Waals surface area contributed by atoms with E-state index >= 15 is 0 Å². The van der Waals surface area contributed by atoms with Gasteiger partial charge < -0.3 is 4.74 Å². The second-order valence-corrected chi connectivity index (χ2v) is 9.68. The number of sulfonamides is 1. The fourth-order valence-electron chi connectivity index (χ4n) is 2.71. The number of hydrogen-bond acceptors (Lipinski definition) is 6. The Hall–Kier alpha value is -1.78. The van der Waals surface area contributed by atoms with Gasteiger partial charge in [-0.15, -0.1) is 0 Å². The van der Waals surface area contributed by atoms with Crippen LogP contribution in [0.5, 0.6) is 0 Å². The van der Waals surface area contributed by atoms with Gasteiger partial charge in [-0.1, -0.05) is 35.9 Å². The van der Waals surface area contributed by atoms with Crippen LogP contribution in [-0.4, -0.2) is 47.4 Å². The molecule has 3 rings (SSSR count). The van der Waals surface area contributed by atoms with Crippen LogP contribution in [0.25, 0.3) is 0 Å². The fourth-order valence-corrected chi connectivity index (χ4v) is 5.22. The first-order chi connectivity index (χ1) is 12.8. The molecule has 1 aliphatic rings. The molecular formula is C18H21NO6S2. The SMILES string of the molecule is Cc1ccc(S(=O)(=O)OCc2ccccc2S(=O)(=O)N2CCOCC2)cc1. The first-order valence-corrected chi connectivity index (χ1v) is 11.3. The first-order valence-electron chi connectivity index (χ1n) is 8.42. The van der Waals surface area contributed by atoms with Gasteiger partial charge in [-0.3, -0.25) is 4.18 Å². The Balaban J connectivity index is 1.83. The highest BCUT2D eigenvalue weighted by Gasteiger charge is 2.28. The van der Waals surface area contributed by atoms with E-state index in [2.05, 4.69) is 0 Å². The molecule has 0 N–H and O–H groups in total. The maximum Gasteiger partial charge on any atom is 0.297 e. The molecular weight excluding hydrogens is 390 g/mol. The summed E-state index contributed by atoms with van der Waals surface area (Å²) in [5.74, 6) is 0. The molecule has 0 saturated carbocycles. The van der Waals surface area contributed by atoms with Crippen molar-refractivity contribution in [3.8, 4) is 0 Å². The maximum absolute atomic E-state index is 12.9. The van der Waals surface area contributed by atoms with Crippen LogP contribution in [0.3, 0.4) is 0 Å². The summed E-state index contributed by atoms with van der Waals surface area (Å²) < 4.78 is 62.2. The number of rotatable bonds is 6. The van der Waals surface area contributed by atoms with E-state index in [0.29, 0.717) is 18.8 Å². The normalized spacial score (nSPS) is 16.3. The summed E-state index contributed by atoms with van der Waals surface area (Å²) in [6.45, 7) is 2.68. The molecule has 1 aliphatic heterocycles. The number of nitrogens with zero attached hydrogens (tertiary/aromatic N) is 1. The van der Waals surface area contributed by atoms with E-state index in [1.165, 1.54) is 22.5 Å². The van der Waals surface area contributed by atoms with Crippen molar-refractivity contribution in [2.24, 2.45) is 0 Å². The second-order valence-electron chi connectivity index (χ2n) is 6.15. The van der Waals surface area contributed by atoms with Gasteiger partial charge in [0.2, 0.25) is 10.0 Å². The molecule has 0 atom stereocenters. The van der Waals surface area contributed by atoms with Crippen molar-refractivity contribution in [2.45, 2.75) is 23.3 Å². The highest BCUT2D eigenvalue weighted by Crippen LogP contribution is 2.23. The molecule has 0 amide bonds. The Labute approximate surface area is 159 Å². The lowest BCUT2D eigenvalue weighted by Crippen LogP contribution is -2.40. The van der Waals surface area contributed by atoms with Crippen LogP contribution in [0.1, 0.15) is 11.1 Å². The molecule has 27 heavy (non-hydrogen) atoms. The zero-order valence-electron chi connectivity index (χ0n) is 14.9. The smallest absolute Gasteiger partial charge is 0.297 e. The Morgan fingerprint density at radius 1 is 0.963 bits per heavy atom. The molecule has 0 aliphatic carbocycles. The molecule has 0 unspecified atom stereocenters. The number of hydrogen-bond donors (Lipinski definition) is 0. The highest BCUT2D eigenvalue weighted by atomic mass is 32.2. The van der Waals surface area contributed by atoms with E-state index in [1.54, 1.807) is 30.3 Å². The average molecular weight is 412 g/mol. The minimum atomic E-state index is -3.99. The average Bonchev–Trinajstić information content (AvgIpc) is 2.68. The van der Waals surface area contributed by atoms with Gasteiger partial charge in [-0.25, -0.2) is 8.42 Å². The minimum absolute atomic E-state index is 0.0293. The Kier molecular flexibility index (Phi) is 5.97. The van der Waals surface area contributed by atoms with Crippen molar-refractivity contribution in [2.75, 3.05) is 26.3 Å². The summed E-state index contributed by atoms with van der Waals surface area (Å²) in [6, 6.07) is 12.5. The molecule has 146 valence electrons. The molecule has 2 aromatic rings. The van der Waals surface area contributed by atoms with E-state index in [0.717, 1.165) is 5.56 Å². The molecule has 1 fully saturated rings. The Morgan fingerprint density at radius 2 is 1.59 bits per heavy atom. The van der Waals surface area contributed by atoms with Crippen LogP contribution in [0.15, 0.2) is 58.3 Å². The van der Waals surface area contributed by atoms with E-state index in [1.807, 2.05) is 6.92 Å². The summed E-state index contributed by atoms with van der Waals surface area (Å²) in [5.41, 5.74) is 1.22. The molecule has 0 spiro atoms. The minimum Gasteiger partial charge on any atom is -0.379 e. The second kappa shape index (κ2) is 8.07. The summed E-state index contributed by atoms with van der Waals surface area (Å²) in [6.07, 6.45) is 0. The van der Waals surface area contributed by atoms with Gasteiger partial charge in [0.15, 0.2) is 0 Å². The molecule has 0 aromatic heterocycles. The van der Waals surface area contributed by atoms with Gasteiger partial charge in [0.25, 0.3) is 10.1 Å². The van der Waals surface area contributed by atoms with Gasteiger partial charge in [0.1, 0.15) is 0 Å². The Morgan fingerprint density at radius 3 is 2.26 bits per heavy atom. The van der Waals surface area contributed by atoms with Gasteiger partial charge in [0.05, 0.1) is 29.6 Å². The number of benzene rings is 2. The number of ether oxygens (including phenoxy) is 1. The molecule has 7 nitrogen and oxygen atoms in total. The number of aryl methyl sites for hydroxylation is 1. The quantitative estimate of drug-likeness (QED) is 0.675. The van der Waals surface area contributed by atoms with Crippen LogP contribution >= 0.6 is 0 Å². The zero-order chi connectivity index (χ0) is 19.5. The third-order valence-corrected chi connectivity index (χ3v) is 7.52. The van der Waals surface area contributed by atoms with Gasteiger partial charge >= 0.3 is 0 Å². The van der Waals surface area contributed by atoms with Gasteiger partial charge in [-0.2, -0.15) is 12.7 Å². The monoisotopic (exact) mass is 411 g/mol. The molecule has 1 heterocycles. The van der Waals surface area contributed by atoms with Crippen LogP contribution in [-0.2, 0) is 35.7 Å². The van der Waals surface area contributed by atoms with Gasteiger partial charge in [-0.05, 0) is 30.7 Å². The molecule has 2 aromatic carbocycles. The lowest BCUT2D eigenvalue weighted by molar-refractivity contribution is 0.0730. The fraction of sp³-hybridized carbons (Fsp3) is 0.333. The summed E-state index contributed by atoms with van der Waals surface area (Å²) in [7, 11) is -7.74. The van der Waals surface area contributed by atoms with Gasteiger partial charge in [0, 0.05) is 13.1 Å². The van der Waals surface area contributed by atoms with Crippen molar-refractivity contribution in [3.05, 3.63) is 59.7 Å². The van der Waals surface area contributed by atoms with Crippen molar-refractivity contribution in [1.82, 2.24) is 4.31 Å². The molecule has 0 bridgehead atoms. The number of morpholine rings is 1. The van der Waals surface area contributed by atoms with Crippen LogP contribution in [0.2, 0.25) is 0 Å². The zero-order valence-corrected chi connectivity index (χ0v) is 16.5. The largest absolute Gasteiger partial charge is 0.379 e. The third-order valence-electron chi connectivity index (χ3n) is 4.24. The van der Waals surface area contributed by atoms with E-state index in [-0.39, 0.29) is 29.5 Å². The van der Waals surface area contributed by atoms with Crippen LogP contribution in [0.4, 0.5) is 0 Å². The predicted molar refractivity (Wildman–Crippen MR) is 99.2 cm³/mol. The van der Waals surface area contributed by atoms with Crippen molar-refractivity contribution < 1.29 is 25.8 Å². The van der Waals surface area contributed by atoms with E-state index < -0.39 is 20.1 Å². The lowest BCUT2D eigenvalue weighted by Gasteiger charge is -2.26. The van der Waals surface area contributed by atoms with E-state index in [9.17, 15) is 16.8 Å². The summed E-state index contributed by atoms with van der Waals surface area (Å²) in [4.78, 5) is 0.0765. The lowest BCUT2D eigenvalue weighted by atomic mass is 10.2. The van der Waals surface area contributed by atoms with Crippen molar-refractivity contribution in [1.29, 1.82) is 0 Å². The summed E-state index contributed by atoms with van der Waals surface area (Å²) in [5, 5.41) is 0. The predicted octanol–water partition coefficient (Wildman–Crippen LogP) is 1.92.